The van der Waals surface area contributed by atoms with Crippen molar-refractivity contribution in [2.75, 3.05) is 5.32 Å². The molecule has 0 saturated heterocycles. The zero-order chi connectivity index (χ0) is 13.1. The second kappa shape index (κ2) is 5.18. The van der Waals surface area contributed by atoms with E-state index in [2.05, 4.69) is 5.32 Å². The minimum atomic E-state index is -1.05. The van der Waals surface area contributed by atoms with Crippen LogP contribution >= 0.6 is 0 Å². The molecule has 1 amide bonds. The summed E-state index contributed by atoms with van der Waals surface area (Å²) in [6, 6.07) is 6.58. The molecule has 5 heteroatoms. The summed E-state index contributed by atoms with van der Waals surface area (Å²) in [5.74, 6) is -0.885. The Kier molecular flexibility index (Phi) is 3.62. The zero-order valence-electron chi connectivity index (χ0n) is 9.80. The minimum absolute atomic E-state index is 0.0221. The van der Waals surface area contributed by atoms with Crippen LogP contribution in [-0.4, -0.2) is 22.1 Å². The van der Waals surface area contributed by atoms with Gasteiger partial charge in [-0.25, -0.2) is 0 Å². The van der Waals surface area contributed by atoms with Crippen molar-refractivity contribution in [1.82, 2.24) is 0 Å². The van der Waals surface area contributed by atoms with E-state index in [-0.39, 0.29) is 18.2 Å². The fourth-order valence-corrected chi connectivity index (χ4v) is 1.66. The highest BCUT2D eigenvalue weighted by molar-refractivity contribution is 5.94. The van der Waals surface area contributed by atoms with Gasteiger partial charge in [-0.05, 0) is 30.5 Å². The number of carboxylic acid groups (broad SMARTS) is 1. The smallest absolute Gasteiger partial charge is 0.306 e. The second-order valence-corrected chi connectivity index (χ2v) is 4.50. The fourth-order valence-electron chi connectivity index (χ4n) is 1.66. The molecule has 2 rings (SSSR count). The summed E-state index contributed by atoms with van der Waals surface area (Å²) < 4.78 is 0. The lowest BCUT2D eigenvalue weighted by Gasteiger charge is -2.09. The van der Waals surface area contributed by atoms with Crippen LogP contribution < -0.4 is 5.32 Å². The van der Waals surface area contributed by atoms with Crippen molar-refractivity contribution in [3.63, 3.8) is 0 Å². The molecule has 3 N–H and O–H groups in total. The maximum atomic E-state index is 11.5. The van der Waals surface area contributed by atoms with Crippen LogP contribution in [-0.2, 0) is 9.59 Å². The molecule has 0 spiro atoms. The van der Waals surface area contributed by atoms with Crippen molar-refractivity contribution in [3.8, 4) is 0 Å². The van der Waals surface area contributed by atoms with Crippen LogP contribution in [0.2, 0.25) is 0 Å². The maximum absolute atomic E-state index is 11.5. The van der Waals surface area contributed by atoms with Gasteiger partial charge in [0.1, 0.15) is 0 Å². The van der Waals surface area contributed by atoms with Crippen LogP contribution in [0.4, 0.5) is 5.69 Å². The van der Waals surface area contributed by atoms with Gasteiger partial charge in [0.15, 0.2) is 0 Å². The van der Waals surface area contributed by atoms with Gasteiger partial charge < -0.3 is 15.5 Å². The van der Waals surface area contributed by atoms with E-state index in [9.17, 15) is 14.7 Å². The zero-order valence-corrected chi connectivity index (χ0v) is 9.80. The van der Waals surface area contributed by atoms with Crippen molar-refractivity contribution in [2.45, 2.75) is 25.4 Å². The Balaban J connectivity index is 1.95. The van der Waals surface area contributed by atoms with Crippen molar-refractivity contribution >= 4 is 17.6 Å². The van der Waals surface area contributed by atoms with Gasteiger partial charge in [0.05, 0.1) is 12.5 Å². The number of nitrogens with one attached hydrogen (secondary N) is 1. The van der Waals surface area contributed by atoms with Crippen molar-refractivity contribution in [3.05, 3.63) is 29.8 Å². The van der Waals surface area contributed by atoms with Gasteiger partial charge in [0, 0.05) is 11.6 Å². The van der Waals surface area contributed by atoms with Gasteiger partial charge in [-0.3, -0.25) is 9.59 Å². The first-order chi connectivity index (χ1) is 8.56. The largest absolute Gasteiger partial charge is 0.481 e. The van der Waals surface area contributed by atoms with E-state index in [1.807, 2.05) is 0 Å². The number of rotatable bonds is 5. The Bertz CT molecular complexity index is 451. The van der Waals surface area contributed by atoms with Gasteiger partial charge in [-0.1, -0.05) is 12.1 Å². The molecule has 0 bridgehead atoms. The van der Waals surface area contributed by atoms with Crippen LogP contribution in [0.25, 0.3) is 0 Å². The second-order valence-electron chi connectivity index (χ2n) is 4.50. The Morgan fingerprint density at radius 2 is 1.89 bits per heavy atom. The molecule has 1 aromatic carbocycles. The van der Waals surface area contributed by atoms with Gasteiger partial charge >= 0.3 is 5.97 Å². The molecule has 0 aromatic heterocycles. The van der Waals surface area contributed by atoms with Crippen LogP contribution in [0, 0.1) is 5.92 Å². The highest BCUT2D eigenvalue weighted by atomic mass is 16.4. The normalized spacial score (nSPS) is 16.1. The molecule has 0 aliphatic heterocycles. The standard InChI is InChI=1S/C13H15NO4/c15-11(7-12(16)17)8-3-5-10(6-4-8)14-13(18)9-1-2-9/h3-6,9,11,15H,1-2,7H2,(H,14,18)(H,16,17). The molecule has 5 nitrogen and oxygen atoms in total. The molecular formula is C13H15NO4. The lowest BCUT2D eigenvalue weighted by molar-refractivity contribution is -0.139. The predicted molar refractivity (Wildman–Crippen MR) is 65.0 cm³/mol. The van der Waals surface area contributed by atoms with E-state index in [0.717, 1.165) is 12.8 Å². The Hall–Kier alpha value is -1.88. The summed E-state index contributed by atoms with van der Waals surface area (Å²) in [6.07, 6.45) is 0.548. The lowest BCUT2D eigenvalue weighted by atomic mass is 10.1. The van der Waals surface area contributed by atoms with Crippen molar-refractivity contribution < 1.29 is 19.8 Å². The SMILES string of the molecule is O=C(O)CC(O)c1ccc(NC(=O)C2CC2)cc1. The predicted octanol–water partition coefficient (Wildman–Crippen LogP) is 1.54. The first-order valence-electron chi connectivity index (χ1n) is 5.87. The van der Waals surface area contributed by atoms with E-state index in [0.29, 0.717) is 11.3 Å². The molecule has 1 aliphatic carbocycles. The number of aliphatic hydroxyl groups is 1. The number of carbonyl (C=O) groups excluding carboxylic acids is 1. The van der Waals surface area contributed by atoms with E-state index >= 15 is 0 Å². The average Bonchev–Trinajstić information content (AvgIpc) is 3.12. The van der Waals surface area contributed by atoms with Gasteiger partial charge in [0.25, 0.3) is 0 Å². The number of aliphatic carboxylic acids is 1. The molecule has 18 heavy (non-hydrogen) atoms. The molecule has 1 fully saturated rings. The summed E-state index contributed by atoms with van der Waals surface area (Å²) in [7, 11) is 0. The van der Waals surface area contributed by atoms with Gasteiger partial charge in [0.2, 0.25) is 5.91 Å². The quantitative estimate of drug-likeness (QED) is 0.738. The highest BCUT2D eigenvalue weighted by Gasteiger charge is 2.29. The third kappa shape index (κ3) is 3.30. The third-order valence-corrected chi connectivity index (χ3v) is 2.88. The number of benzene rings is 1. The Labute approximate surface area is 104 Å². The average molecular weight is 249 g/mol. The number of carboxylic acids is 1. The number of carbonyl (C=O) groups is 2. The Morgan fingerprint density at radius 3 is 2.39 bits per heavy atom. The number of anilines is 1. The van der Waals surface area contributed by atoms with Crippen LogP contribution in [0.15, 0.2) is 24.3 Å². The summed E-state index contributed by atoms with van der Waals surface area (Å²) in [6.45, 7) is 0. The number of aliphatic hydroxyl groups excluding tert-OH is 1. The van der Waals surface area contributed by atoms with Crippen LogP contribution in [0.1, 0.15) is 30.9 Å². The number of hydrogen-bond donors (Lipinski definition) is 3. The van der Waals surface area contributed by atoms with E-state index in [1.165, 1.54) is 0 Å². The molecule has 1 aliphatic rings. The lowest BCUT2D eigenvalue weighted by Crippen LogP contribution is -2.13. The van der Waals surface area contributed by atoms with Crippen molar-refractivity contribution in [1.29, 1.82) is 0 Å². The first kappa shape index (κ1) is 12.6. The highest BCUT2D eigenvalue weighted by Crippen LogP contribution is 2.30. The minimum Gasteiger partial charge on any atom is -0.481 e. The first-order valence-corrected chi connectivity index (χ1v) is 5.87. The number of amides is 1. The third-order valence-electron chi connectivity index (χ3n) is 2.88. The maximum Gasteiger partial charge on any atom is 0.306 e. The van der Waals surface area contributed by atoms with Crippen LogP contribution in [0.3, 0.4) is 0 Å². The van der Waals surface area contributed by atoms with E-state index < -0.39 is 12.1 Å². The van der Waals surface area contributed by atoms with Crippen LogP contribution in [0.5, 0.6) is 0 Å². The molecule has 0 radical (unpaired) electrons. The molecule has 96 valence electrons. The topological polar surface area (TPSA) is 86.6 Å². The Morgan fingerprint density at radius 1 is 1.28 bits per heavy atom. The summed E-state index contributed by atoms with van der Waals surface area (Å²) in [5.41, 5.74) is 1.19. The van der Waals surface area contributed by atoms with E-state index in [1.54, 1.807) is 24.3 Å². The summed E-state index contributed by atoms with van der Waals surface area (Å²) >= 11 is 0. The summed E-state index contributed by atoms with van der Waals surface area (Å²) in [4.78, 5) is 22.0. The fraction of sp³-hybridized carbons (Fsp3) is 0.385. The summed E-state index contributed by atoms with van der Waals surface area (Å²) in [5, 5.41) is 20.9. The molecule has 0 heterocycles. The molecule has 1 atom stereocenters. The molecular weight excluding hydrogens is 234 g/mol. The van der Waals surface area contributed by atoms with Gasteiger partial charge in [-0.2, -0.15) is 0 Å². The monoisotopic (exact) mass is 249 g/mol. The molecule has 1 aromatic rings. The van der Waals surface area contributed by atoms with Crippen molar-refractivity contribution in [2.24, 2.45) is 5.92 Å². The molecule has 1 unspecified atom stereocenters. The van der Waals surface area contributed by atoms with E-state index in [4.69, 9.17) is 5.11 Å². The number of hydrogen-bond acceptors (Lipinski definition) is 3. The van der Waals surface area contributed by atoms with Gasteiger partial charge in [-0.15, -0.1) is 0 Å². The molecule has 1 saturated carbocycles.